The number of anilines is 1. The van der Waals surface area contributed by atoms with Crippen molar-refractivity contribution in [2.45, 2.75) is 24.9 Å². The van der Waals surface area contributed by atoms with Gasteiger partial charge in [0.15, 0.2) is 0 Å². The van der Waals surface area contributed by atoms with Crippen LogP contribution in [0.2, 0.25) is 0 Å². The number of aliphatic carboxylic acids is 1. The lowest BCUT2D eigenvalue weighted by molar-refractivity contribution is -0.131. The van der Waals surface area contributed by atoms with E-state index in [2.05, 4.69) is 4.98 Å². The molecule has 0 aromatic carbocycles. The molecule has 1 fully saturated rings. The molecule has 3 atom stereocenters. The molecule has 9 heteroatoms. The molecular formula is C12H15N3O6. The molecule has 1 aromatic rings. The van der Waals surface area contributed by atoms with Crippen LogP contribution in [0.4, 0.5) is 5.82 Å². The van der Waals surface area contributed by atoms with Crippen LogP contribution < -0.4 is 11.4 Å². The van der Waals surface area contributed by atoms with Gasteiger partial charge in [-0.25, -0.2) is 9.59 Å². The van der Waals surface area contributed by atoms with Gasteiger partial charge in [-0.2, -0.15) is 4.98 Å². The number of carboxylic acid groups (broad SMARTS) is 1. The smallest absolute Gasteiger partial charge is 0.351 e. The van der Waals surface area contributed by atoms with Crippen molar-refractivity contribution in [2.24, 2.45) is 0 Å². The van der Waals surface area contributed by atoms with Crippen molar-refractivity contribution in [3.05, 3.63) is 28.3 Å². The Labute approximate surface area is 118 Å². The third-order valence-electron chi connectivity index (χ3n) is 3.11. The second kappa shape index (κ2) is 6.04. The molecule has 0 aliphatic carbocycles. The van der Waals surface area contributed by atoms with Crippen molar-refractivity contribution in [3.8, 4) is 0 Å². The molecule has 9 nitrogen and oxygen atoms in total. The number of nitrogen functional groups attached to an aromatic ring is 1. The molecule has 0 unspecified atom stereocenters. The zero-order valence-electron chi connectivity index (χ0n) is 10.9. The molecule has 1 aromatic heterocycles. The molecule has 0 bridgehead atoms. The highest BCUT2D eigenvalue weighted by Gasteiger charge is 2.35. The largest absolute Gasteiger partial charge is 0.478 e. The fourth-order valence-corrected chi connectivity index (χ4v) is 2.04. The minimum Gasteiger partial charge on any atom is -0.478 e. The molecule has 0 radical (unpaired) electrons. The van der Waals surface area contributed by atoms with E-state index in [1.807, 2.05) is 0 Å². The number of carbonyl (C=O) groups is 1. The average molecular weight is 297 g/mol. The summed E-state index contributed by atoms with van der Waals surface area (Å²) in [5.74, 6) is -1.27. The van der Waals surface area contributed by atoms with E-state index in [0.29, 0.717) is 0 Å². The Morgan fingerprint density at radius 2 is 2.33 bits per heavy atom. The highest BCUT2D eigenvalue weighted by molar-refractivity contribution is 5.86. The third-order valence-corrected chi connectivity index (χ3v) is 3.11. The molecular weight excluding hydrogens is 282 g/mol. The average Bonchev–Trinajstić information content (AvgIpc) is 2.78. The van der Waals surface area contributed by atoms with Crippen molar-refractivity contribution in [1.29, 1.82) is 0 Å². The van der Waals surface area contributed by atoms with Gasteiger partial charge in [0.1, 0.15) is 18.1 Å². The van der Waals surface area contributed by atoms with Gasteiger partial charge in [-0.05, 0) is 6.08 Å². The maximum Gasteiger partial charge on any atom is 0.351 e. The van der Waals surface area contributed by atoms with E-state index < -0.39 is 30.1 Å². The van der Waals surface area contributed by atoms with E-state index in [1.54, 1.807) is 0 Å². The number of aliphatic hydroxyl groups excluding tert-OH is 2. The second-order valence-corrected chi connectivity index (χ2v) is 4.56. The van der Waals surface area contributed by atoms with Crippen LogP contribution in [-0.4, -0.2) is 49.7 Å². The van der Waals surface area contributed by atoms with Gasteiger partial charge >= 0.3 is 11.7 Å². The zero-order chi connectivity index (χ0) is 15.6. The van der Waals surface area contributed by atoms with Crippen LogP contribution in [0, 0.1) is 0 Å². The molecule has 114 valence electrons. The summed E-state index contributed by atoms with van der Waals surface area (Å²) in [4.78, 5) is 25.9. The molecule has 0 spiro atoms. The Bertz CT molecular complexity index is 626. The highest BCUT2D eigenvalue weighted by atomic mass is 16.5. The Morgan fingerprint density at radius 3 is 2.90 bits per heavy atom. The SMILES string of the molecule is Nc1nc(=O)n([C@H]2C[C@H](O)[C@@H](CO)O2)cc1C=CC(=O)O. The fourth-order valence-electron chi connectivity index (χ4n) is 2.04. The van der Waals surface area contributed by atoms with E-state index in [4.69, 9.17) is 20.7 Å². The monoisotopic (exact) mass is 297 g/mol. The molecule has 0 amide bonds. The quantitative estimate of drug-likeness (QED) is 0.494. The first-order chi connectivity index (χ1) is 9.92. The van der Waals surface area contributed by atoms with Crippen LogP contribution in [0.1, 0.15) is 18.2 Å². The maximum atomic E-state index is 11.8. The normalized spacial score (nSPS) is 25.5. The van der Waals surface area contributed by atoms with Gasteiger partial charge in [0, 0.05) is 24.3 Å². The highest BCUT2D eigenvalue weighted by Crippen LogP contribution is 2.27. The molecule has 1 aliphatic heterocycles. The molecule has 1 saturated heterocycles. The number of aliphatic hydroxyl groups is 2. The van der Waals surface area contributed by atoms with Gasteiger partial charge < -0.3 is 25.8 Å². The third kappa shape index (κ3) is 3.27. The topological polar surface area (TPSA) is 148 Å². The molecule has 1 aliphatic rings. The van der Waals surface area contributed by atoms with E-state index >= 15 is 0 Å². The van der Waals surface area contributed by atoms with Crippen LogP contribution in [-0.2, 0) is 9.53 Å². The lowest BCUT2D eigenvalue weighted by atomic mass is 10.2. The van der Waals surface area contributed by atoms with E-state index in [1.165, 1.54) is 12.3 Å². The minimum atomic E-state index is -1.17. The zero-order valence-corrected chi connectivity index (χ0v) is 10.9. The minimum absolute atomic E-state index is 0.106. The van der Waals surface area contributed by atoms with Crippen molar-refractivity contribution in [3.63, 3.8) is 0 Å². The maximum absolute atomic E-state index is 11.8. The van der Waals surface area contributed by atoms with Gasteiger partial charge in [0.2, 0.25) is 0 Å². The van der Waals surface area contributed by atoms with Crippen LogP contribution in [0.25, 0.3) is 6.08 Å². The number of nitrogens with two attached hydrogens (primary N) is 1. The lowest BCUT2D eigenvalue weighted by Crippen LogP contribution is -2.28. The molecule has 21 heavy (non-hydrogen) atoms. The summed E-state index contributed by atoms with van der Waals surface area (Å²) in [7, 11) is 0. The van der Waals surface area contributed by atoms with Crippen LogP contribution in [0.3, 0.4) is 0 Å². The van der Waals surface area contributed by atoms with E-state index in [-0.39, 0.29) is 24.4 Å². The first kappa shape index (κ1) is 15.2. The number of hydrogen-bond donors (Lipinski definition) is 4. The number of rotatable bonds is 4. The van der Waals surface area contributed by atoms with Gasteiger partial charge in [-0.1, -0.05) is 0 Å². The van der Waals surface area contributed by atoms with E-state index in [0.717, 1.165) is 10.6 Å². The van der Waals surface area contributed by atoms with Crippen molar-refractivity contribution in [1.82, 2.24) is 9.55 Å². The molecule has 2 heterocycles. The Kier molecular flexibility index (Phi) is 4.36. The summed E-state index contributed by atoms with van der Waals surface area (Å²) in [5.41, 5.74) is 5.11. The number of nitrogens with zero attached hydrogens (tertiary/aromatic N) is 2. The second-order valence-electron chi connectivity index (χ2n) is 4.56. The van der Waals surface area contributed by atoms with Gasteiger partial charge in [0.25, 0.3) is 0 Å². The van der Waals surface area contributed by atoms with Crippen LogP contribution in [0.5, 0.6) is 0 Å². The summed E-state index contributed by atoms with van der Waals surface area (Å²) in [6.07, 6.45) is 1.01. The number of ether oxygens (including phenoxy) is 1. The van der Waals surface area contributed by atoms with Gasteiger partial charge in [0.05, 0.1) is 12.7 Å². The Morgan fingerprint density at radius 1 is 1.62 bits per heavy atom. The number of carboxylic acids is 1. The van der Waals surface area contributed by atoms with E-state index in [9.17, 15) is 14.7 Å². The van der Waals surface area contributed by atoms with Crippen LogP contribution in [0.15, 0.2) is 17.1 Å². The molecule has 5 N–H and O–H groups in total. The Hall–Kier alpha value is -2.23. The predicted octanol–water partition coefficient (Wildman–Crippen LogP) is -1.44. The van der Waals surface area contributed by atoms with Gasteiger partial charge in [-0.15, -0.1) is 0 Å². The predicted molar refractivity (Wildman–Crippen MR) is 71.2 cm³/mol. The number of aromatic nitrogens is 2. The molecule has 2 rings (SSSR count). The Balaban J connectivity index is 2.34. The first-order valence-corrected chi connectivity index (χ1v) is 6.16. The summed E-state index contributed by atoms with van der Waals surface area (Å²) in [5, 5.41) is 27.3. The van der Waals surface area contributed by atoms with Crippen molar-refractivity contribution < 1.29 is 24.9 Å². The summed E-state index contributed by atoms with van der Waals surface area (Å²) in [6, 6.07) is 0. The standard InChI is InChI=1S/C12H15N3O6/c13-11-6(1-2-10(18)19)4-15(12(20)14-11)9-3-7(17)8(5-16)21-9/h1-2,4,7-9,16-17H,3,5H2,(H,18,19)(H2,13,14,20)/t7-,8+,9+/m0/s1. The molecule has 0 saturated carbocycles. The van der Waals surface area contributed by atoms with Crippen LogP contribution >= 0.6 is 0 Å². The summed E-state index contributed by atoms with van der Waals surface area (Å²) < 4.78 is 6.46. The van der Waals surface area contributed by atoms with Gasteiger partial charge in [-0.3, -0.25) is 4.57 Å². The van der Waals surface area contributed by atoms with Crippen molar-refractivity contribution in [2.75, 3.05) is 12.3 Å². The fraction of sp³-hybridized carbons (Fsp3) is 0.417. The summed E-state index contributed by atoms with van der Waals surface area (Å²) >= 11 is 0. The first-order valence-electron chi connectivity index (χ1n) is 6.16. The lowest BCUT2D eigenvalue weighted by Gasteiger charge is -2.15. The number of hydrogen-bond acceptors (Lipinski definition) is 7. The summed E-state index contributed by atoms with van der Waals surface area (Å²) in [6.45, 7) is -0.374. The van der Waals surface area contributed by atoms with Crippen molar-refractivity contribution >= 4 is 17.9 Å².